The zero-order valence-corrected chi connectivity index (χ0v) is 13.2. The van der Waals surface area contributed by atoms with E-state index >= 15 is 0 Å². The van der Waals surface area contributed by atoms with Gasteiger partial charge in [-0.25, -0.2) is 4.98 Å². The Morgan fingerprint density at radius 3 is 2.86 bits per heavy atom. The SMILES string of the molecule is Cc1ccnc(N2CCC(N3CCOCC3)C2)c1C(N)=S. The van der Waals surface area contributed by atoms with Crippen molar-refractivity contribution in [3.8, 4) is 0 Å². The topological polar surface area (TPSA) is 54.6 Å². The molecule has 1 aromatic heterocycles. The first kappa shape index (κ1) is 14.7. The van der Waals surface area contributed by atoms with E-state index < -0.39 is 0 Å². The summed E-state index contributed by atoms with van der Waals surface area (Å²) < 4.78 is 5.44. The maximum absolute atomic E-state index is 5.90. The van der Waals surface area contributed by atoms with E-state index in [9.17, 15) is 0 Å². The zero-order valence-electron chi connectivity index (χ0n) is 12.4. The molecular weight excluding hydrogens is 284 g/mol. The highest BCUT2D eigenvalue weighted by atomic mass is 32.1. The summed E-state index contributed by atoms with van der Waals surface area (Å²) in [4.78, 5) is 9.82. The number of aryl methyl sites for hydroxylation is 1. The Hall–Kier alpha value is -1.24. The van der Waals surface area contributed by atoms with Crippen LogP contribution in [0.2, 0.25) is 0 Å². The standard InChI is InChI=1S/C15H22N4OS/c1-11-2-4-17-15(13(11)14(16)21)19-5-3-12(10-19)18-6-8-20-9-7-18/h2,4,12H,3,5-10H2,1H3,(H2,16,21). The molecule has 2 N–H and O–H groups in total. The van der Waals surface area contributed by atoms with Crippen molar-refractivity contribution < 1.29 is 4.74 Å². The van der Waals surface area contributed by atoms with Gasteiger partial charge in [0.25, 0.3) is 0 Å². The number of thiocarbonyl (C=S) groups is 1. The lowest BCUT2D eigenvalue weighted by molar-refractivity contribution is 0.0209. The quantitative estimate of drug-likeness (QED) is 0.839. The van der Waals surface area contributed by atoms with Gasteiger partial charge in [-0.1, -0.05) is 12.2 Å². The molecule has 5 nitrogen and oxygen atoms in total. The minimum atomic E-state index is 0.436. The molecule has 0 aliphatic carbocycles. The van der Waals surface area contributed by atoms with Gasteiger partial charge in [0, 0.05) is 38.4 Å². The van der Waals surface area contributed by atoms with Gasteiger partial charge in [-0.3, -0.25) is 4.90 Å². The summed E-state index contributed by atoms with van der Waals surface area (Å²) >= 11 is 5.21. The summed E-state index contributed by atoms with van der Waals surface area (Å²) in [7, 11) is 0. The van der Waals surface area contributed by atoms with Crippen molar-refractivity contribution in [3.63, 3.8) is 0 Å². The minimum absolute atomic E-state index is 0.436. The third-order valence-electron chi connectivity index (χ3n) is 4.41. The van der Waals surface area contributed by atoms with Crippen LogP contribution in [0.4, 0.5) is 5.82 Å². The van der Waals surface area contributed by atoms with Crippen LogP contribution >= 0.6 is 12.2 Å². The van der Waals surface area contributed by atoms with Crippen LogP contribution in [-0.4, -0.2) is 60.3 Å². The van der Waals surface area contributed by atoms with Crippen LogP contribution in [0.15, 0.2) is 12.3 Å². The average Bonchev–Trinajstić information content (AvgIpc) is 2.97. The first-order chi connectivity index (χ1) is 10.2. The third-order valence-corrected chi connectivity index (χ3v) is 4.61. The van der Waals surface area contributed by atoms with Crippen LogP contribution in [0.1, 0.15) is 17.5 Å². The molecule has 3 rings (SSSR count). The lowest BCUT2D eigenvalue weighted by Crippen LogP contribution is -2.44. The lowest BCUT2D eigenvalue weighted by atomic mass is 10.1. The van der Waals surface area contributed by atoms with Crippen LogP contribution in [0, 0.1) is 6.92 Å². The summed E-state index contributed by atoms with van der Waals surface area (Å²) in [6.45, 7) is 7.79. The molecule has 3 heterocycles. The summed E-state index contributed by atoms with van der Waals surface area (Å²) in [5.41, 5.74) is 7.92. The van der Waals surface area contributed by atoms with Gasteiger partial charge >= 0.3 is 0 Å². The van der Waals surface area contributed by atoms with Crippen molar-refractivity contribution in [2.24, 2.45) is 5.73 Å². The highest BCUT2D eigenvalue weighted by molar-refractivity contribution is 7.80. The zero-order chi connectivity index (χ0) is 14.8. The second kappa shape index (κ2) is 6.25. The normalized spacial score (nSPS) is 23.5. The van der Waals surface area contributed by atoms with E-state index in [-0.39, 0.29) is 0 Å². The van der Waals surface area contributed by atoms with Gasteiger partial charge in [0.05, 0.1) is 18.8 Å². The summed E-state index contributed by atoms with van der Waals surface area (Å²) in [6.07, 6.45) is 3.00. The summed E-state index contributed by atoms with van der Waals surface area (Å²) in [5.74, 6) is 0.943. The van der Waals surface area contributed by atoms with Gasteiger partial charge in [0.15, 0.2) is 0 Å². The van der Waals surface area contributed by atoms with Gasteiger partial charge < -0.3 is 15.4 Å². The van der Waals surface area contributed by atoms with Crippen LogP contribution in [0.5, 0.6) is 0 Å². The van der Waals surface area contributed by atoms with Gasteiger partial charge in [0.1, 0.15) is 10.8 Å². The summed E-state index contributed by atoms with van der Waals surface area (Å²) in [6, 6.07) is 2.54. The molecule has 0 aromatic carbocycles. The molecule has 2 aliphatic heterocycles. The number of rotatable bonds is 3. The van der Waals surface area contributed by atoms with E-state index in [2.05, 4.69) is 14.8 Å². The molecule has 0 bridgehead atoms. The smallest absolute Gasteiger partial charge is 0.139 e. The second-order valence-electron chi connectivity index (χ2n) is 5.73. The Kier molecular flexibility index (Phi) is 4.37. The number of ether oxygens (including phenoxy) is 1. The van der Waals surface area contributed by atoms with Crippen LogP contribution in [-0.2, 0) is 4.74 Å². The van der Waals surface area contributed by atoms with Gasteiger partial charge in [-0.2, -0.15) is 0 Å². The Bertz CT molecular complexity index is 530. The van der Waals surface area contributed by atoms with Crippen molar-refractivity contribution in [2.45, 2.75) is 19.4 Å². The number of morpholine rings is 1. The van der Waals surface area contributed by atoms with Crippen LogP contribution in [0.25, 0.3) is 0 Å². The highest BCUT2D eigenvalue weighted by Crippen LogP contribution is 2.26. The molecule has 6 heteroatoms. The van der Waals surface area contributed by atoms with E-state index in [0.717, 1.165) is 62.8 Å². The molecule has 0 saturated carbocycles. The Morgan fingerprint density at radius 1 is 1.38 bits per heavy atom. The molecule has 114 valence electrons. The first-order valence-corrected chi connectivity index (χ1v) is 7.90. The highest BCUT2D eigenvalue weighted by Gasteiger charge is 2.30. The van der Waals surface area contributed by atoms with E-state index in [4.69, 9.17) is 22.7 Å². The molecule has 2 saturated heterocycles. The fraction of sp³-hybridized carbons (Fsp3) is 0.600. The number of hydrogen-bond donors (Lipinski definition) is 1. The van der Waals surface area contributed by atoms with Gasteiger partial charge in [0.2, 0.25) is 0 Å². The van der Waals surface area contributed by atoms with Gasteiger partial charge in [-0.05, 0) is 25.0 Å². The Labute approximate surface area is 131 Å². The van der Waals surface area contributed by atoms with Crippen molar-refractivity contribution in [3.05, 3.63) is 23.4 Å². The predicted molar refractivity (Wildman–Crippen MR) is 87.9 cm³/mol. The fourth-order valence-corrected chi connectivity index (χ4v) is 3.52. The van der Waals surface area contributed by atoms with E-state index in [1.165, 1.54) is 0 Å². The first-order valence-electron chi connectivity index (χ1n) is 7.49. The molecule has 0 spiro atoms. The number of nitrogens with two attached hydrogens (primary N) is 1. The number of anilines is 1. The molecule has 21 heavy (non-hydrogen) atoms. The van der Waals surface area contributed by atoms with Crippen molar-refractivity contribution in [1.82, 2.24) is 9.88 Å². The predicted octanol–water partition coefficient (Wildman–Crippen LogP) is 0.935. The summed E-state index contributed by atoms with van der Waals surface area (Å²) in [5, 5.41) is 0. The minimum Gasteiger partial charge on any atom is -0.389 e. The molecule has 1 unspecified atom stereocenters. The molecule has 0 amide bonds. The van der Waals surface area contributed by atoms with Gasteiger partial charge in [-0.15, -0.1) is 0 Å². The van der Waals surface area contributed by atoms with E-state index in [1.807, 2.05) is 19.2 Å². The van der Waals surface area contributed by atoms with E-state index in [1.54, 1.807) is 0 Å². The average molecular weight is 306 g/mol. The molecular formula is C15H22N4OS. The van der Waals surface area contributed by atoms with Crippen LogP contribution in [0.3, 0.4) is 0 Å². The maximum Gasteiger partial charge on any atom is 0.139 e. The van der Waals surface area contributed by atoms with Crippen molar-refractivity contribution in [1.29, 1.82) is 0 Å². The Balaban J connectivity index is 1.77. The monoisotopic (exact) mass is 306 g/mol. The van der Waals surface area contributed by atoms with Crippen molar-refractivity contribution in [2.75, 3.05) is 44.3 Å². The number of pyridine rings is 1. The number of aromatic nitrogens is 1. The third kappa shape index (κ3) is 3.02. The second-order valence-corrected chi connectivity index (χ2v) is 6.17. The molecule has 0 radical (unpaired) electrons. The molecule has 1 atom stereocenters. The molecule has 2 aliphatic rings. The molecule has 1 aromatic rings. The molecule has 2 fully saturated rings. The number of nitrogens with zero attached hydrogens (tertiary/aromatic N) is 3. The van der Waals surface area contributed by atoms with E-state index in [0.29, 0.717) is 11.0 Å². The fourth-order valence-electron chi connectivity index (χ4n) is 3.26. The largest absolute Gasteiger partial charge is 0.389 e. The Morgan fingerprint density at radius 2 is 2.14 bits per heavy atom. The lowest BCUT2D eigenvalue weighted by Gasteiger charge is -2.32. The van der Waals surface area contributed by atoms with Crippen LogP contribution < -0.4 is 10.6 Å². The maximum atomic E-state index is 5.90. The number of hydrogen-bond acceptors (Lipinski definition) is 5. The van der Waals surface area contributed by atoms with Crippen molar-refractivity contribution >= 4 is 23.0 Å².